The van der Waals surface area contributed by atoms with Gasteiger partial charge in [0.1, 0.15) is 0 Å². The maximum Gasteiger partial charge on any atom is 0.345 e. The number of esters is 2. The van der Waals surface area contributed by atoms with Crippen LogP contribution in [0, 0.1) is 0 Å². The van der Waals surface area contributed by atoms with Gasteiger partial charge >= 0.3 is 11.9 Å². The highest BCUT2D eigenvalue weighted by Crippen LogP contribution is 2.42. The van der Waals surface area contributed by atoms with E-state index in [0.29, 0.717) is 11.1 Å². The predicted molar refractivity (Wildman–Crippen MR) is 36.0 cm³/mol. The van der Waals surface area contributed by atoms with E-state index in [1.54, 1.807) is 0 Å². The largest absolute Gasteiger partial charge is 0.386 e. The van der Waals surface area contributed by atoms with Crippen molar-refractivity contribution in [1.82, 2.24) is 0 Å². The molecule has 3 heterocycles. The average Bonchev–Trinajstić information content (AvgIpc) is 2.64. The van der Waals surface area contributed by atoms with Crippen molar-refractivity contribution in [1.29, 1.82) is 0 Å². The minimum atomic E-state index is -0.498. The Kier molecular flexibility index (Phi) is 0.939. The minimum absolute atomic E-state index is 0.163. The van der Waals surface area contributed by atoms with E-state index in [0.717, 1.165) is 12.8 Å². The zero-order valence-corrected chi connectivity index (χ0v) is 6.20. The molecule has 4 heteroatoms. The number of carbonyl (C=O) groups is 2. The summed E-state index contributed by atoms with van der Waals surface area (Å²) in [6, 6.07) is 0. The zero-order valence-electron chi connectivity index (χ0n) is 6.20. The van der Waals surface area contributed by atoms with Crippen LogP contribution >= 0.6 is 0 Å². The zero-order chi connectivity index (χ0) is 8.29. The summed E-state index contributed by atoms with van der Waals surface area (Å²) in [6.45, 7) is 0. The number of fused-ring (bicyclic) bond motifs is 4. The highest BCUT2D eigenvalue weighted by molar-refractivity contribution is 6.14. The van der Waals surface area contributed by atoms with Gasteiger partial charge in [0, 0.05) is 0 Å². The van der Waals surface area contributed by atoms with E-state index in [1.807, 2.05) is 0 Å². The van der Waals surface area contributed by atoms with Gasteiger partial charge in [-0.25, -0.2) is 9.59 Å². The number of hydrogen-bond donors (Lipinski definition) is 0. The molecule has 2 atom stereocenters. The second-order valence-corrected chi connectivity index (χ2v) is 3.20. The lowest BCUT2D eigenvalue weighted by molar-refractivity contribution is -0.152. The Morgan fingerprint density at radius 2 is 1.50 bits per heavy atom. The van der Waals surface area contributed by atoms with Gasteiger partial charge in [-0.05, 0) is 12.8 Å². The van der Waals surface area contributed by atoms with Crippen LogP contribution in [0.1, 0.15) is 12.8 Å². The van der Waals surface area contributed by atoms with Crippen LogP contribution in [0.3, 0.4) is 0 Å². The second-order valence-electron chi connectivity index (χ2n) is 3.20. The third-order valence-electron chi connectivity index (χ3n) is 2.58. The third-order valence-corrected chi connectivity index (χ3v) is 2.58. The predicted octanol–water partition coefficient (Wildman–Crippen LogP) is -0.0724. The molecule has 62 valence electrons. The van der Waals surface area contributed by atoms with Gasteiger partial charge in [0.05, 0.1) is 23.4 Å². The van der Waals surface area contributed by atoms with Crippen molar-refractivity contribution in [2.75, 3.05) is 0 Å². The van der Waals surface area contributed by atoms with Gasteiger partial charge in [-0.15, -0.1) is 0 Å². The number of carbonyl (C=O) groups excluding carboxylic acids is 2. The molecule has 3 aliphatic rings. The Morgan fingerprint density at radius 3 is 2.00 bits per heavy atom. The van der Waals surface area contributed by atoms with Gasteiger partial charge in [-0.1, -0.05) is 0 Å². The summed E-state index contributed by atoms with van der Waals surface area (Å²) in [4.78, 5) is 22.2. The van der Waals surface area contributed by atoms with Crippen molar-refractivity contribution in [3.8, 4) is 0 Å². The van der Waals surface area contributed by atoms with Crippen LogP contribution < -0.4 is 0 Å². The number of rotatable bonds is 0. The highest BCUT2D eigenvalue weighted by Gasteiger charge is 2.51. The van der Waals surface area contributed by atoms with E-state index >= 15 is 0 Å². The normalized spacial score (nSPS) is 37.7. The molecular formula is C8H6O4. The van der Waals surface area contributed by atoms with Gasteiger partial charge < -0.3 is 9.47 Å². The fraction of sp³-hybridized carbons (Fsp3) is 0.500. The van der Waals surface area contributed by atoms with Crippen molar-refractivity contribution in [3.63, 3.8) is 0 Å². The first-order chi connectivity index (χ1) is 5.77. The molecule has 1 fully saturated rings. The smallest absolute Gasteiger partial charge is 0.345 e. The lowest BCUT2D eigenvalue weighted by Gasteiger charge is -2.03. The van der Waals surface area contributed by atoms with Gasteiger partial charge in [-0.3, -0.25) is 0 Å². The van der Waals surface area contributed by atoms with Crippen molar-refractivity contribution in [2.45, 2.75) is 25.0 Å². The Labute approximate surface area is 68.1 Å². The Balaban J connectivity index is 2.18. The van der Waals surface area contributed by atoms with Crippen molar-refractivity contribution >= 4 is 11.9 Å². The van der Waals surface area contributed by atoms with E-state index in [-0.39, 0.29) is 12.2 Å². The molecule has 4 nitrogen and oxygen atoms in total. The van der Waals surface area contributed by atoms with Gasteiger partial charge in [-0.2, -0.15) is 0 Å². The third kappa shape index (κ3) is 0.536. The van der Waals surface area contributed by atoms with Crippen molar-refractivity contribution < 1.29 is 19.1 Å². The highest BCUT2D eigenvalue weighted by atomic mass is 16.6. The monoisotopic (exact) mass is 166 g/mol. The molecule has 0 aromatic carbocycles. The maximum atomic E-state index is 11.1. The van der Waals surface area contributed by atoms with Gasteiger partial charge in [0.25, 0.3) is 0 Å². The standard InChI is InChI=1S/C8H6O4/c9-7-5-3-1-2-4(11-3)6(5)8(10)12-7/h3-4H,1-2H2/t3-,4-/m0/s1. The first-order valence-electron chi connectivity index (χ1n) is 3.93. The Bertz CT molecular complexity index is 298. The van der Waals surface area contributed by atoms with Crippen molar-refractivity contribution in [3.05, 3.63) is 11.1 Å². The van der Waals surface area contributed by atoms with Crippen LogP contribution in [0.2, 0.25) is 0 Å². The summed E-state index contributed by atoms with van der Waals surface area (Å²) in [6.07, 6.45) is 1.35. The molecule has 0 spiro atoms. The average molecular weight is 166 g/mol. The molecule has 0 aliphatic carbocycles. The summed E-state index contributed by atoms with van der Waals surface area (Å²) in [7, 11) is 0. The van der Waals surface area contributed by atoms with Crippen molar-refractivity contribution in [2.24, 2.45) is 0 Å². The first-order valence-corrected chi connectivity index (χ1v) is 3.93. The lowest BCUT2D eigenvalue weighted by atomic mass is 9.93. The Hall–Kier alpha value is -1.16. The number of ether oxygens (including phenoxy) is 2. The molecular weight excluding hydrogens is 160 g/mol. The minimum Gasteiger partial charge on any atom is -0.386 e. The number of cyclic esters (lactones) is 2. The van der Waals surface area contributed by atoms with Gasteiger partial charge in [0.15, 0.2) is 0 Å². The van der Waals surface area contributed by atoms with Crippen LogP contribution in [0.15, 0.2) is 11.1 Å². The second kappa shape index (κ2) is 1.77. The van der Waals surface area contributed by atoms with Gasteiger partial charge in [0.2, 0.25) is 0 Å². The fourth-order valence-corrected chi connectivity index (χ4v) is 2.09. The topological polar surface area (TPSA) is 52.6 Å². The maximum absolute atomic E-state index is 11.1. The fourth-order valence-electron chi connectivity index (χ4n) is 2.09. The summed E-state index contributed by atoms with van der Waals surface area (Å²) in [5, 5.41) is 0. The first kappa shape index (κ1) is 6.37. The van der Waals surface area contributed by atoms with E-state index in [4.69, 9.17) is 4.74 Å². The molecule has 3 aliphatic heterocycles. The molecule has 0 aromatic rings. The molecule has 12 heavy (non-hydrogen) atoms. The molecule has 0 N–H and O–H groups in total. The molecule has 2 bridgehead atoms. The molecule has 1 saturated heterocycles. The lowest BCUT2D eigenvalue weighted by Crippen LogP contribution is -2.15. The SMILES string of the molecule is O=C1OC(=O)C2=C1[C@@H]1CC[C@@H]2O1. The summed E-state index contributed by atoms with van der Waals surface area (Å²) in [5.41, 5.74) is 0.965. The van der Waals surface area contributed by atoms with Crippen LogP contribution in [0.25, 0.3) is 0 Å². The molecule has 0 amide bonds. The molecule has 0 unspecified atom stereocenters. The molecule has 3 rings (SSSR count). The summed E-state index contributed by atoms with van der Waals surface area (Å²) in [5.74, 6) is -0.996. The summed E-state index contributed by atoms with van der Waals surface area (Å²) < 4.78 is 9.86. The Morgan fingerprint density at radius 1 is 1.00 bits per heavy atom. The van der Waals surface area contributed by atoms with E-state index in [1.165, 1.54) is 0 Å². The van der Waals surface area contributed by atoms with Crippen LogP contribution in [0.4, 0.5) is 0 Å². The molecule has 0 saturated carbocycles. The number of hydrogen-bond acceptors (Lipinski definition) is 4. The molecule has 0 aromatic heterocycles. The van der Waals surface area contributed by atoms with Crippen LogP contribution in [-0.4, -0.2) is 24.1 Å². The van der Waals surface area contributed by atoms with E-state index < -0.39 is 11.9 Å². The summed E-state index contributed by atoms with van der Waals surface area (Å²) >= 11 is 0. The molecule has 0 radical (unpaired) electrons. The quantitative estimate of drug-likeness (QED) is 0.373. The van der Waals surface area contributed by atoms with Crippen LogP contribution in [-0.2, 0) is 19.1 Å². The van der Waals surface area contributed by atoms with Crippen LogP contribution in [0.5, 0.6) is 0 Å². The van der Waals surface area contributed by atoms with E-state index in [2.05, 4.69) is 4.74 Å². The van der Waals surface area contributed by atoms with E-state index in [9.17, 15) is 9.59 Å².